The Kier molecular flexibility index (Phi) is 10.2. The first kappa shape index (κ1) is 30.3. The summed E-state index contributed by atoms with van der Waals surface area (Å²) in [6, 6.07) is 18.0. The summed E-state index contributed by atoms with van der Waals surface area (Å²) in [6.45, 7) is 4.59. The minimum absolute atomic E-state index is 0.0125. The van der Waals surface area contributed by atoms with Crippen LogP contribution < -0.4 is 14.4 Å². The van der Waals surface area contributed by atoms with Crippen LogP contribution in [0.4, 0.5) is 5.69 Å². The van der Waals surface area contributed by atoms with E-state index in [1.807, 2.05) is 13.8 Å². The molecule has 0 bridgehead atoms. The SMILES string of the molecule is COc1cccc(N(CC(=O)N(Cc2ccc(Cl)cc2Cl)[C@H](C)C(=O)NC(C)C)S(=O)(=O)c2ccccc2)c1. The van der Waals surface area contributed by atoms with Crippen molar-refractivity contribution in [2.24, 2.45) is 0 Å². The number of hydrogen-bond donors (Lipinski definition) is 1. The van der Waals surface area contributed by atoms with Crippen molar-refractivity contribution in [1.82, 2.24) is 10.2 Å². The maximum absolute atomic E-state index is 13.9. The largest absolute Gasteiger partial charge is 0.497 e. The van der Waals surface area contributed by atoms with E-state index in [-0.39, 0.29) is 29.1 Å². The van der Waals surface area contributed by atoms with E-state index in [0.29, 0.717) is 21.4 Å². The number of carbonyl (C=O) groups excluding carboxylic acids is 2. The van der Waals surface area contributed by atoms with Crippen LogP contribution in [0, 0.1) is 0 Å². The van der Waals surface area contributed by atoms with Gasteiger partial charge in [-0.15, -0.1) is 0 Å². The first-order valence-corrected chi connectivity index (χ1v) is 14.4. The number of hydrogen-bond acceptors (Lipinski definition) is 5. The van der Waals surface area contributed by atoms with E-state index in [1.54, 1.807) is 61.5 Å². The Hall–Kier alpha value is -3.27. The van der Waals surface area contributed by atoms with Gasteiger partial charge in [-0.1, -0.05) is 53.5 Å². The van der Waals surface area contributed by atoms with Gasteiger partial charge in [-0.05, 0) is 62.7 Å². The molecule has 39 heavy (non-hydrogen) atoms. The van der Waals surface area contributed by atoms with Gasteiger partial charge in [-0.25, -0.2) is 8.42 Å². The Morgan fingerprint density at radius 2 is 1.64 bits per heavy atom. The molecule has 0 spiro atoms. The Morgan fingerprint density at radius 1 is 0.949 bits per heavy atom. The number of rotatable bonds is 11. The molecule has 3 aromatic rings. The molecule has 0 aliphatic heterocycles. The summed E-state index contributed by atoms with van der Waals surface area (Å²) in [6.07, 6.45) is 0. The number of benzene rings is 3. The lowest BCUT2D eigenvalue weighted by Crippen LogP contribution is -2.52. The topological polar surface area (TPSA) is 96.0 Å². The third kappa shape index (κ3) is 7.65. The van der Waals surface area contributed by atoms with Gasteiger partial charge in [0, 0.05) is 28.7 Å². The molecule has 3 aromatic carbocycles. The number of halogens is 2. The molecule has 0 heterocycles. The minimum Gasteiger partial charge on any atom is -0.497 e. The molecule has 8 nitrogen and oxygen atoms in total. The molecule has 0 fully saturated rings. The molecular weight excluding hydrogens is 561 g/mol. The van der Waals surface area contributed by atoms with Crippen LogP contribution in [0.25, 0.3) is 0 Å². The van der Waals surface area contributed by atoms with Crippen molar-refractivity contribution >= 4 is 50.7 Å². The number of methoxy groups -OCH3 is 1. The predicted octanol–water partition coefficient (Wildman–Crippen LogP) is 5.14. The van der Waals surface area contributed by atoms with Crippen LogP contribution in [0.5, 0.6) is 5.75 Å². The molecule has 1 atom stereocenters. The third-order valence-corrected chi connectivity index (χ3v) is 8.28. The fourth-order valence-electron chi connectivity index (χ4n) is 3.84. The maximum Gasteiger partial charge on any atom is 0.264 e. The predicted molar refractivity (Wildman–Crippen MR) is 154 cm³/mol. The zero-order valence-corrected chi connectivity index (χ0v) is 24.4. The highest BCUT2D eigenvalue weighted by atomic mass is 35.5. The highest BCUT2D eigenvalue weighted by Gasteiger charge is 2.33. The summed E-state index contributed by atoms with van der Waals surface area (Å²) in [4.78, 5) is 28.2. The van der Waals surface area contributed by atoms with Crippen LogP contribution >= 0.6 is 23.2 Å². The van der Waals surface area contributed by atoms with Gasteiger partial charge in [0.2, 0.25) is 11.8 Å². The average Bonchev–Trinajstić information content (AvgIpc) is 2.90. The van der Waals surface area contributed by atoms with E-state index in [2.05, 4.69) is 5.32 Å². The van der Waals surface area contributed by atoms with Crippen molar-refractivity contribution in [2.45, 2.75) is 44.3 Å². The van der Waals surface area contributed by atoms with Crippen molar-refractivity contribution < 1.29 is 22.7 Å². The molecule has 1 N–H and O–H groups in total. The van der Waals surface area contributed by atoms with Gasteiger partial charge in [0.1, 0.15) is 18.3 Å². The van der Waals surface area contributed by atoms with E-state index in [4.69, 9.17) is 27.9 Å². The number of nitrogens with zero attached hydrogens (tertiary/aromatic N) is 2. The second-order valence-corrected chi connectivity index (χ2v) is 11.8. The molecule has 2 amide bonds. The molecule has 0 saturated heterocycles. The average molecular weight is 593 g/mol. The standard InChI is InChI=1S/C28H31Cl2N3O5S/c1-19(2)31-28(35)20(3)32(17-21-13-14-22(29)15-26(21)30)27(34)18-33(23-9-8-10-24(16-23)38-4)39(36,37)25-11-6-5-7-12-25/h5-16,19-20H,17-18H2,1-4H3,(H,31,35)/t20-/m1/s1. The second kappa shape index (κ2) is 13.2. The van der Waals surface area contributed by atoms with Crippen molar-refractivity contribution in [3.63, 3.8) is 0 Å². The second-order valence-electron chi connectivity index (χ2n) is 9.12. The molecule has 11 heteroatoms. The summed E-state index contributed by atoms with van der Waals surface area (Å²) in [5.41, 5.74) is 0.785. The molecule has 0 aliphatic rings. The molecule has 3 rings (SSSR count). The minimum atomic E-state index is -4.17. The van der Waals surface area contributed by atoms with Crippen LogP contribution in [-0.2, 0) is 26.2 Å². The monoisotopic (exact) mass is 591 g/mol. The normalized spacial score (nSPS) is 12.1. The molecule has 208 valence electrons. The van der Waals surface area contributed by atoms with Gasteiger partial charge in [0.25, 0.3) is 10.0 Å². The lowest BCUT2D eigenvalue weighted by atomic mass is 10.1. The van der Waals surface area contributed by atoms with Crippen LogP contribution in [0.3, 0.4) is 0 Å². The third-order valence-electron chi connectivity index (χ3n) is 5.91. The van der Waals surface area contributed by atoms with Gasteiger partial charge in [0.15, 0.2) is 0 Å². The van der Waals surface area contributed by atoms with Crippen LogP contribution in [0.1, 0.15) is 26.3 Å². The zero-order valence-electron chi connectivity index (χ0n) is 22.1. The highest BCUT2D eigenvalue weighted by molar-refractivity contribution is 7.92. The van der Waals surface area contributed by atoms with E-state index in [9.17, 15) is 18.0 Å². The fourth-order valence-corrected chi connectivity index (χ4v) is 5.73. The number of sulfonamides is 1. The van der Waals surface area contributed by atoms with Gasteiger partial charge in [-0.3, -0.25) is 13.9 Å². The Morgan fingerprint density at radius 3 is 2.26 bits per heavy atom. The van der Waals surface area contributed by atoms with Crippen LogP contribution in [0.2, 0.25) is 10.0 Å². The molecule has 0 unspecified atom stereocenters. The molecular formula is C28H31Cl2N3O5S. The lowest BCUT2D eigenvalue weighted by Gasteiger charge is -2.32. The maximum atomic E-state index is 13.9. The summed E-state index contributed by atoms with van der Waals surface area (Å²) >= 11 is 12.4. The summed E-state index contributed by atoms with van der Waals surface area (Å²) in [5.74, 6) is -0.570. The van der Waals surface area contributed by atoms with Gasteiger partial charge < -0.3 is 15.0 Å². The number of amides is 2. The number of carbonyl (C=O) groups is 2. The number of nitrogens with one attached hydrogen (secondary N) is 1. The number of anilines is 1. The molecule has 0 aromatic heterocycles. The number of ether oxygens (including phenoxy) is 1. The smallest absolute Gasteiger partial charge is 0.264 e. The molecule has 0 aliphatic carbocycles. The van der Waals surface area contributed by atoms with Crippen LogP contribution in [-0.4, -0.2) is 50.9 Å². The Labute approximate surface area is 239 Å². The van der Waals surface area contributed by atoms with Crippen LogP contribution in [0.15, 0.2) is 77.7 Å². The van der Waals surface area contributed by atoms with Gasteiger partial charge in [-0.2, -0.15) is 0 Å². The van der Waals surface area contributed by atoms with Crippen molar-refractivity contribution in [3.8, 4) is 5.75 Å². The Balaban J connectivity index is 2.06. The van der Waals surface area contributed by atoms with Crippen molar-refractivity contribution in [2.75, 3.05) is 18.0 Å². The van der Waals surface area contributed by atoms with Crippen molar-refractivity contribution in [3.05, 3.63) is 88.4 Å². The van der Waals surface area contributed by atoms with E-state index in [1.165, 1.54) is 30.2 Å². The highest BCUT2D eigenvalue weighted by Crippen LogP contribution is 2.28. The first-order chi connectivity index (χ1) is 18.4. The summed E-state index contributed by atoms with van der Waals surface area (Å²) in [7, 11) is -2.71. The van der Waals surface area contributed by atoms with Gasteiger partial charge >= 0.3 is 0 Å². The molecule has 0 saturated carbocycles. The fraction of sp³-hybridized carbons (Fsp3) is 0.286. The lowest BCUT2D eigenvalue weighted by molar-refractivity contribution is -0.139. The summed E-state index contributed by atoms with van der Waals surface area (Å²) in [5, 5.41) is 3.55. The Bertz CT molecular complexity index is 1420. The summed E-state index contributed by atoms with van der Waals surface area (Å²) < 4.78 is 33.9. The van der Waals surface area contributed by atoms with E-state index < -0.39 is 28.5 Å². The first-order valence-electron chi connectivity index (χ1n) is 12.2. The van der Waals surface area contributed by atoms with E-state index in [0.717, 1.165) is 4.31 Å². The zero-order chi connectivity index (χ0) is 28.7. The quantitative estimate of drug-likeness (QED) is 0.333. The molecule has 0 radical (unpaired) electrons. The van der Waals surface area contributed by atoms with Gasteiger partial charge in [0.05, 0.1) is 17.7 Å². The van der Waals surface area contributed by atoms with Crippen molar-refractivity contribution in [1.29, 1.82) is 0 Å². The van der Waals surface area contributed by atoms with E-state index >= 15 is 0 Å².